The number of aliphatic hydroxyl groups is 1. The first-order valence-electron chi connectivity index (χ1n) is 5.13. The molecular formula is C10H16N2O2. The van der Waals surface area contributed by atoms with Gasteiger partial charge in [-0.05, 0) is 19.4 Å². The summed E-state index contributed by atoms with van der Waals surface area (Å²) in [5, 5.41) is 12.9. The number of piperidine rings is 1. The monoisotopic (exact) mass is 196 g/mol. The first-order chi connectivity index (χ1) is 6.90. The molecule has 4 nitrogen and oxygen atoms in total. The lowest BCUT2D eigenvalue weighted by atomic mass is 10.0. The molecule has 1 N–H and O–H groups in total. The van der Waals surface area contributed by atoms with Crippen LogP contribution in [0.5, 0.6) is 0 Å². The summed E-state index contributed by atoms with van der Waals surface area (Å²) in [5.74, 6) is 0. The minimum Gasteiger partial charge on any atom is -0.395 e. The Labute approximate surface area is 83.5 Å². The molecule has 0 aliphatic carbocycles. The molecule has 0 bridgehead atoms. The van der Waals surface area contributed by atoms with Crippen LogP contribution in [-0.4, -0.2) is 34.4 Å². The molecule has 14 heavy (non-hydrogen) atoms. The van der Waals surface area contributed by atoms with Gasteiger partial charge in [0.25, 0.3) is 0 Å². The Balaban J connectivity index is 1.94. The topological polar surface area (TPSA) is 49.5 Å². The lowest BCUT2D eigenvalue weighted by Gasteiger charge is -2.33. The van der Waals surface area contributed by atoms with Crippen molar-refractivity contribution >= 4 is 0 Å². The largest absolute Gasteiger partial charge is 0.395 e. The van der Waals surface area contributed by atoms with E-state index in [4.69, 9.17) is 4.52 Å². The second-order valence-electron chi connectivity index (χ2n) is 3.84. The molecule has 1 atom stereocenters. The molecule has 0 radical (unpaired) electrons. The fourth-order valence-corrected chi connectivity index (χ4v) is 2.01. The SMILES string of the molecule is OCC1CCCCN1Cc1cnoc1. The summed E-state index contributed by atoms with van der Waals surface area (Å²) in [6.07, 6.45) is 6.96. The van der Waals surface area contributed by atoms with E-state index >= 15 is 0 Å². The zero-order chi connectivity index (χ0) is 9.80. The Kier molecular flexibility index (Phi) is 3.16. The maximum atomic E-state index is 9.21. The third kappa shape index (κ3) is 2.13. The molecule has 1 saturated heterocycles. The average molecular weight is 196 g/mol. The van der Waals surface area contributed by atoms with Crippen molar-refractivity contribution in [1.82, 2.24) is 10.1 Å². The molecule has 2 heterocycles. The number of hydrogen-bond acceptors (Lipinski definition) is 4. The smallest absolute Gasteiger partial charge is 0.128 e. The molecule has 4 heteroatoms. The van der Waals surface area contributed by atoms with Gasteiger partial charge in [0.1, 0.15) is 6.26 Å². The van der Waals surface area contributed by atoms with Crippen LogP contribution >= 0.6 is 0 Å². The summed E-state index contributed by atoms with van der Waals surface area (Å²) < 4.78 is 4.79. The summed E-state index contributed by atoms with van der Waals surface area (Å²) in [4.78, 5) is 2.30. The minimum absolute atomic E-state index is 0.255. The van der Waals surface area contributed by atoms with E-state index in [9.17, 15) is 5.11 Å². The standard InChI is InChI=1S/C10H16N2O2/c13-7-10-3-1-2-4-12(10)6-9-5-11-14-8-9/h5,8,10,13H,1-4,6-7H2. The lowest BCUT2D eigenvalue weighted by Crippen LogP contribution is -2.41. The van der Waals surface area contributed by atoms with E-state index in [1.807, 2.05) is 0 Å². The summed E-state index contributed by atoms with van der Waals surface area (Å²) in [7, 11) is 0. The maximum absolute atomic E-state index is 9.21. The van der Waals surface area contributed by atoms with E-state index in [0.29, 0.717) is 6.04 Å². The Hall–Kier alpha value is -0.870. The Morgan fingerprint density at radius 3 is 3.21 bits per heavy atom. The van der Waals surface area contributed by atoms with Gasteiger partial charge in [0, 0.05) is 18.2 Å². The predicted molar refractivity (Wildman–Crippen MR) is 51.6 cm³/mol. The molecule has 1 aromatic heterocycles. The van der Waals surface area contributed by atoms with Crippen molar-refractivity contribution < 1.29 is 9.63 Å². The van der Waals surface area contributed by atoms with Crippen LogP contribution in [0.4, 0.5) is 0 Å². The summed E-state index contributed by atoms with van der Waals surface area (Å²) in [6, 6.07) is 0.318. The third-order valence-corrected chi connectivity index (χ3v) is 2.83. The molecule has 2 rings (SSSR count). The van der Waals surface area contributed by atoms with Gasteiger partial charge in [-0.15, -0.1) is 0 Å². The first kappa shape index (κ1) is 9.68. The van der Waals surface area contributed by atoms with Crippen molar-refractivity contribution in [2.24, 2.45) is 0 Å². The van der Waals surface area contributed by atoms with E-state index in [1.165, 1.54) is 12.8 Å². The normalized spacial score (nSPS) is 23.9. The predicted octanol–water partition coefficient (Wildman–Crippen LogP) is 1.02. The van der Waals surface area contributed by atoms with Gasteiger partial charge in [-0.1, -0.05) is 11.6 Å². The van der Waals surface area contributed by atoms with Crippen LogP contribution in [0.1, 0.15) is 24.8 Å². The van der Waals surface area contributed by atoms with E-state index in [1.54, 1.807) is 12.5 Å². The van der Waals surface area contributed by atoms with Crippen molar-refractivity contribution in [1.29, 1.82) is 0 Å². The molecule has 0 saturated carbocycles. The molecule has 78 valence electrons. The second kappa shape index (κ2) is 4.57. The number of aliphatic hydroxyl groups excluding tert-OH is 1. The Bertz CT molecular complexity index is 261. The van der Waals surface area contributed by atoms with Gasteiger partial charge in [0.05, 0.1) is 12.8 Å². The first-order valence-corrected chi connectivity index (χ1v) is 5.13. The zero-order valence-electron chi connectivity index (χ0n) is 8.22. The molecule has 1 aliphatic heterocycles. The quantitative estimate of drug-likeness (QED) is 0.784. The number of hydrogen-bond donors (Lipinski definition) is 1. The maximum Gasteiger partial charge on any atom is 0.128 e. The van der Waals surface area contributed by atoms with Crippen LogP contribution in [0.2, 0.25) is 0 Å². The fourth-order valence-electron chi connectivity index (χ4n) is 2.01. The van der Waals surface area contributed by atoms with Crippen LogP contribution in [0, 0.1) is 0 Å². The van der Waals surface area contributed by atoms with Crippen molar-refractivity contribution in [2.45, 2.75) is 31.8 Å². The zero-order valence-corrected chi connectivity index (χ0v) is 8.22. The summed E-state index contributed by atoms with van der Waals surface area (Å²) in [6.45, 7) is 2.16. The van der Waals surface area contributed by atoms with Crippen molar-refractivity contribution in [3.05, 3.63) is 18.0 Å². The molecular weight excluding hydrogens is 180 g/mol. The Morgan fingerprint density at radius 2 is 2.50 bits per heavy atom. The van der Waals surface area contributed by atoms with Gasteiger partial charge in [0.15, 0.2) is 0 Å². The molecule has 1 aromatic rings. The van der Waals surface area contributed by atoms with Crippen LogP contribution in [0.25, 0.3) is 0 Å². The average Bonchev–Trinajstić information content (AvgIpc) is 2.71. The van der Waals surface area contributed by atoms with Gasteiger partial charge < -0.3 is 9.63 Å². The number of aromatic nitrogens is 1. The van der Waals surface area contributed by atoms with E-state index in [-0.39, 0.29) is 6.61 Å². The number of likely N-dealkylation sites (tertiary alicyclic amines) is 1. The second-order valence-corrected chi connectivity index (χ2v) is 3.84. The summed E-state index contributed by atoms with van der Waals surface area (Å²) >= 11 is 0. The highest BCUT2D eigenvalue weighted by Crippen LogP contribution is 2.18. The molecule has 1 fully saturated rings. The van der Waals surface area contributed by atoms with Gasteiger partial charge in [-0.2, -0.15) is 0 Å². The molecule has 0 spiro atoms. The number of nitrogens with zero attached hydrogens (tertiary/aromatic N) is 2. The lowest BCUT2D eigenvalue weighted by molar-refractivity contribution is 0.0839. The summed E-state index contributed by atoms with van der Waals surface area (Å²) in [5.41, 5.74) is 1.09. The van der Waals surface area contributed by atoms with Crippen LogP contribution < -0.4 is 0 Å². The van der Waals surface area contributed by atoms with E-state index in [2.05, 4.69) is 10.1 Å². The minimum atomic E-state index is 0.255. The highest BCUT2D eigenvalue weighted by molar-refractivity contribution is 5.00. The van der Waals surface area contributed by atoms with E-state index < -0.39 is 0 Å². The number of rotatable bonds is 3. The molecule has 0 aromatic carbocycles. The molecule has 1 aliphatic rings. The molecule has 0 amide bonds. The van der Waals surface area contributed by atoms with Crippen molar-refractivity contribution in [2.75, 3.05) is 13.2 Å². The van der Waals surface area contributed by atoms with Crippen molar-refractivity contribution in [3.63, 3.8) is 0 Å². The molecule has 1 unspecified atom stereocenters. The van der Waals surface area contributed by atoms with Crippen LogP contribution in [-0.2, 0) is 6.54 Å². The Morgan fingerprint density at radius 1 is 1.57 bits per heavy atom. The highest BCUT2D eigenvalue weighted by Gasteiger charge is 2.21. The van der Waals surface area contributed by atoms with Crippen LogP contribution in [0.15, 0.2) is 17.0 Å². The van der Waals surface area contributed by atoms with Gasteiger partial charge in [-0.25, -0.2) is 0 Å². The van der Waals surface area contributed by atoms with Gasteiger partial charge in [-0.3, -0.25) is 4.90 Å². The van der Waals surface area contributed by atoms with Gasteiger partial charge >= 0.3 is 0 Å². The van der Waals surface area contributed by atoms with Gasteiger partial charge in [0.2, 0.25) is 0 Å². The fraction of sp³-hybridized carbons (Fsp3) is 0.700. The van der Waals surface area contributed by atoms with Crippen LogP contribution in [0.3, 0.4) is 0 Å². The van der Waals surface area contributed by atoms with Crippen molar-refractivity contribution in [3.8, 4) is 0 Å². The highest BCUT2D eigenvalue weighted by atomic mass is 16.5. The third-order valence-electron chi connectivity index (χ3n) is 2.83. The van der Waals surface area contributed by atoms with E-state index in [0.717, 1.165) is 25.1 Å².